The number of nitrogens with zero attached hydrogens (tertiary/aromatic N) is 1. The highest BCUT2D eigenvalue weighted by atomic mass is 79.9. The van der Waals surface area contributed by atoms with Gasteiger partial charge in [-0.2, -0.15) is 0 Å². The van der Waals surface area contributed by atoms with Crippen molar-refractivity contribution in [1.29, 1.82) is 0 Å². The largest absolute Gasteiger partial charge is 0.490 e. The SMILES string of the molecule is CCOc1cc(/C=C2\SC(=O)N(Cc3ccccc3Br)C2=O)cc(Cl)c1OCc1ccc(F)cc1. The molecule has 1 fully saturated rings. The van der Waals surface area contributed by atoms with Gasteiger partial charge in [-0.25, -0.2) is 4.39 Å². The van der Waals surface area contributed by atoms with Crippen LogP contribution >= 0.6 is 39.3 Å². The summed E-state index contributed by atoms with van der Waals surface area (Å²) in [6, 6.07) is 16.8. The average Bonchev–Trinajstić information content (AvgIpc) is 3.08. The fourth-order valence-electron chi connectivity index (χ4n) is 3.40. The highest BCUT2D eigenvalue weighted by Crippen LogP contribution is 2.40. The van der Waals surface area contributed by atoms with Gasteiger partial charge in [0.25, 0.3) is 11.1 Å². The van der Waals surface area contributed by atoms with Gasteiger partial charge in [-0.15, -0.1) is 0 Å². The van der Waals surface area contributed by atoms with Crippen molar-refractivity contribution in [3.63, 3.8) is 0 Å². The molecule has 1 aliphatic heterocycles. The van der Waals surface area contributed by atoms with E-state index in [4.69, 9.17) is 21.1 Å². The number of thioether (sulfide) groups is 1. The Balaban J connectivity index is 1.55. The molecule has 3 aromatic carbocycles. The van der Waals surface area contributed by atoms with Crippen LogP contribution in [0.4, 0.5) is 9.18 Å². The molecular formula is C26H20BrClFNO4S. The minimum absolute atomic E-state index is 0.171. The standard InChI is InChI=1S/C26H20BrClFNO4S/c1-2-33-22-12-17(11-21(28)24(22)34-15-16-7-9-19(29)10-8-16)13-23-25(31)30(26(32)35-23)14-18-5-3-4-6-20(18)27/h3-13H,2,14-15H2,1H3/b23-13-. The summed E-state index contributed by atoms with van der Waals surface area (Å²) in [4.78, 5) is 27.0. The third kappa shape index (κ3) is 6.07. The molecule has 0 aliphatic carbocycles. The number of hydrogen-bond donors (Lipinski definition) is 0. The fourth-order valence-corrected chi connectivity index (χ4v) is 4.92. The van der Waals surface area contributed by atoms with Crippen LogP contribution in [-0.4, -0.2) is 22.7 Å². The summed E-state index contributed by atoms with van der Waals surface area (Å²) in [7, 11) is 0. The Labute approximate surface area is 220 Å². The zero-order valence-corrected chi connectivity index (χ0v) is 21.8. The maximum atomic E-state index is 13.2. The summed E-state index contributed by atoms with van der Waals surface area (Å²) >= 11 is 10.8. The lowest BCUT2D eigenvalue weighted by atomic mass is 10.1. The van der Waals surface area contributed by atoms with Gasteiger partial charge in [0.1, 0.15) is 12.4 Å². The van der Waals surface area contributed by atoms with Gasteiger partial charge in [-0.1, -0.05) is 57.9 Å². The smallest absolute Gasteiger partial charge is 0.293 e. The third-order valence-electron chi connectivity index (χ3n) is 5.09. The first-order valence-corrected chi connectivity index (χ1v) is 12.7. The van der Waals surface area contributed by atoms with Gasteiger partial charge in [0, 0.05) is 4.47 Å². The molecule has 2 amide bonds. The molecule has 5 nitrogen and oxygen atoms in total. The van der Waals surface area contributed by atoms with Gasteiger partial charge in [-0.05, 0) is 71.8 Å². The monoisotopic (exact) mass is 575 g/mol. The molecule has 1 heterocycles. The van der Waals surface area contributed by atoms with Crippen LogP contribution in [0.2, 0.25) is 5.02 Å². The molecule has 4 rings (SSSR count). The van der Waals surface area contributed by atoms with E-state index in [9.17, 15) is 14.0 Å². The molecule has 0 N–H and O–H groups in total. The Morgan fingerprint density at radius 2 is 1.83 bits per heavy atom. The molecule has 0 saturated carbocycles. The van der Waals surface area contributed by atoms with Crippen LogP contribution < -0.4 is 9.47 Å². The van der Waals surface area contributed by atoms with Crippen molar-refractivity contribution >= 4 is 56.5 Å². The maximum absolute atomic E-state index is 13.2. The van der Waals surface area contributed by atoms with Gasteiger partial charge in [-0.3, -0.25) is 14.5 Å². The molecule has 1 aliphatic rings. The molecule has 0 spiro atoms. The van der Waals surface area contributed by atoms with Crippen molar-refractivity contribution in [2.24, 2.45) is 0 Å². The van der Waals surface area contributed by atoms with E-state index >= 15 is 0 Å². The van der Waals surface area contributed by atoms with E-state index in [0.717, 1.165) is 27.4 Å². The molecule has 1 saturated heterocycles. The minimum atomic E-state index is -0.374. The maximum Gasteiger partial charge on any atom is 0.293 e. The first kappa shape index (κ1) is 25.3. The first-order valence-electron chi connectivity index (χ1n) is 10.7. The predicted molar refractivity (Wildman–Crippen MR) is 139 cm³/mol. The fraction of sp³-hybridized carbons (Fsp3) is 0.154. The van der Waals surface area contributed by atoms with E-state index < -0.39 is 0 Å². The van der Waals surface area contributed by atoms with Crippen LogP contribution in [0.15, 0.2) is 70.0 Å². The molecule has 9 heteroatoms. The van der Waals surface area contributed by atoms with Crippen LogP contribution in [0.25, 0.3) is 6.08 Å². The second-order valence-electron chi connectivity index (χ2n) is 7.54. The zero-order chi connectivity index (χ0) is 24.9. The van der Waals surface area contributed by atoms with Crippen molar-refractivity contribution in [2.45, 2.75) is 20.1 Å². The summed E-state index contributed by atoms with van der Waals surface area (Å²) in [6.07, 6.45) is 1.61. The quantitative estimate of drug-likeness (QED) is 0.261. The van der Waals surface area contributed by atoms with Crippen molar-refractivity contribution in [3.8, 4) is 11.5 Å². The lowest BCUT2D eigenvalue weighted by Gasteiger charge is -2.15. The highest BCUT2D eigenvalue weighted by Gasteiger charge is 2.35. The normalized spacial score (nSPS) is 14.6. The Kier molecular flexibility index (Phi) is 8.15. The molecule has 0 unspecified atom stereocenters. The average molecular weight is 577 g/mol. The number of carbonyl (C=O) groups is 2. The van der Waals surface area contributed by atoms with E-state index in [1.165, 1.54) is 17.0 Å². The van der Waals surface area contributed by atoms with E-state index in [1.807, 2.05) is 31.2 Å². The van der Waals surface area contributed by atoms with Gasteiger partial charge in [0.15, 0.2) is 11.5 Å². The molecule has 180 valence electrons. The van der Waals surface area contributed by atoms with Gasteiger partial charge >= 0.3 is 0 Å². The summed E-state index contributed by atoms with van der Waals surface area (Å²) in [6.45, 7) is 2.55. The molecule has 0 atom stereocenters. The highest BCUT2D eigenvalue weighted by molar-refractivity contribution is 9.10. The molecule has 0 radical (unpaired) electrons. The van der Waals surface area contributed by atoms with Gasteiger partial charge in [0.2, 0.25) is 0 Å². The Morgan fingerprint density at radius 1 is 1.09 bits per heavy atom. The number of amides is 2. The second kappa shape index (κ2) is 11.3. The number of rotatable bonds is 8. The minimum Gasteiger partial charge on any atom is -0.490 e. The topological polar surface area (TPSA) is 55.8 Å². The van der Waals surface area contributed by atoms with Gasteiger partial charge in [0.05, 0.1) is 23.1 Å². The van der Waals surface area contributed by atoms with Crippen LogP contribution in [0.1, 0.15) is 23.6 Å². The van der Waals surface area contributed by atoms with E-state index in [0.29, 0.717) is 28.6 Å². The van der Waals surface area contributed by atoms with Crippen molar-refractivity contribution < 1.29 is 23.5 Å². The Morgan fingerprint density at radius 3 is 2.54 bits per heavy atom. The van der Waals surface area contributed by atoms with E-state index in [-0.39, 0.29) is 35.1 Å². The van der Waals surface area contributed by atoms with Crippen LogP contribution in [0.5, 0.6) is 11.5 Å². The van der Waals surface area contributed by atoms with Gasteiger partial charge < -0.3 is 9.47 Å². The lowest BCUT2D eigenvalue weighted by Crippen LogP contribution is -2.27. The molecular weight excluding hydrogens is 557 g/mol. The first-order chi connectivity index (χ1) is 16.9. The predicted octanol–water partition coefficient (Wildman–Crippen LogP) is 7.46. The number of ether oxygens (including phenoxy) is 2. The summed E-state index contributed by atoms with van der Waals surface area (Å²) in [5.74, 6) is 0.0475. The third-order valence-corrected chi connectivity index (χ3v) is 7.05. The van der Waals surface area contributed by atoms with Crippen molar-refractivity contribution in [2.75, 3.05) is 6.61 Å². The zero-order valence-electron chi connectivity index (χ0n) is 18.6. The molecule has 0 bridgehead atoms. The Hall–Kier alpha value is -2.81. The second-order valence-corrected chi connectivity index (χ2v) is 9.79. The van der Waals surface area contributed by atoms with E-state index in [1.54, 1.807) is 30.3 Å². The molecule has 0 aromatic heterocycles. The number of halogens is 3. The Bertz CT molecular complexity index is 1300. The number of carbonyl (C=O) groups excluding carboxylic acids is 2. The molecule has 35 heavy (non-hydrogen) atoms. The van der Waals surface area contributed by atoms with Crippen LogP contribution in [-0.2, 0) is 17.9 Å². The number of benzene rings is 3. The summed E-state index contributed by atoms with van der Waals surface area (Å²) in [5, 5.41) is -0.0517. The van der Waals surface area contributed by atoms with Crippen LogP contribution in [0, 0.1) is 5.82 Å². The number of imide groups is 1. The number of hydrogen-bond acceptors (Lipinski definition) is 5. The van der Waals surface area contributed by atoms with Crippen molar-refractivity contribution in [3.05, 3.63) is 97.6 Å². The summed E-state index contributed by atoms with van der Waals surface area (Å²) < 4.78 is 25.6. The van der Waals surface area contributed by atoms with Crippen molar-refractivity contribution in [1.82, 2.24) is 4.90 Å². The van der Waals surface area contributed by atoms with E-state index in [2.05, 4.69) is 15.9 Å². The lowest BCUT2D eigenvalue weighted by molar-refractivity contribution is -0.123. The molecule has 3 aromatic rings. The van der Waals surface area contributed by atoms with Crippen LogP contribution in [0.3, 0.4) is 0 Å². The summed E-state index contributed by atoms with van der Waals surface area (Å²) in [5.41, 5.74) is 2.20.